The summed E-state index contributed by atoms with van der Waals surface area (Å²) in [5, 5.41) is 29.7. The molecule has 102 valence electrons. The molecule has 0 aliphatic carbocycles. The summed E-state index contributed by atoms with van der Waals surface area (Å²) in [5.74, 6) is 0. The zero-order valence-corrected chi connectivity index (χ0v) is 10.6. The standard InChI is InChI=1S/C13H18N4O2/c18-7-6-17-10-12(15-16-17)8-14-9-13(19)11-4-2-1-3-5-11/h1-5,10,13-14,18-19H,6-9H2. The maximum absolute atomic E-state index is 9.95. The van der Waals surface area contributed by atoms with E-state index in [-0.39, 0.29) is 6.61 Å². The van der Waals surface area contributed by atoms with E-state index in [0.717, 1.165) is 11.3 Å². The summed E-state index contributed by atoms with van der Waals surface area (Å²) in [6, 6.07) is 9.51. The van der Waals surface area contributed by atoms with E-state index in [1.54, 1.807) is 10.9 Å². The summed E-state index contributed by atoms with van der Waals surface area (Å²) in [4.78, 5) is 0. The summed E-state index contributed by atoms with van der Waals surface area (Å²) >= 11 is 0. The molecule has 0 radical (unpaired) electrons. The molecule has 1 unspecified atom stereocenters. The highest BCUT2D eigenvalue weighted by molar-refractivity contribution is 5.17. The molecule has 0 saturated carbocycles. The van der Waals surface area contributed by atoms with Crippen LogP contribution in [0.1, 0.15) is 17.4 Å². The van der Waals surface area contributed by atoms with Crippen LogP contribution in [-0.4, -0.2) is 38.4 Å². The van der Waals surface area contributed by atoms with Crippen molar-refractivity contribution in [3.05, 3.63) is 47.8 Å². The maximum atomic E-state index is 9.95. The van der Waals surface area contributed by atoms with Gasteiger partial charge < -0.3 is 15.5 Å². The minimum Gasteiger partial charge on any atom is -0.394 e. The Labute approximate surface area is 111 Å². The lowest BCUT2D eigenvalue weighted by Gasteiger charge is -2.11. The Morgan fingerprint density at radius 2 is 2.05 bits per heavy atom. The highest BCUT2D eigenvalue weighted by atomic mass is 16.3. The normalized spacial score (nSPS) is 12.5. The summed E-state index contributed by atoms with van der Waals surface area (Å²) < 4.78 is 1.59. The molecule has 0 aliphatic heterocycles. The molecule has 6 nitrogen and oxygen atoms in total. The van der Waals surface area contributed by atoms with Crippen LogP contribution in [-0.2, 0) is 13.1 Å². The van der Waals surface area contributed by atoms with E-state index in [4.69, 9.17) is 5.11 Å². The molecule has 0 bridgehead atoms. The van der Waals surface area contributed by atoms with Gasteiger partial charge in [0, 0.05) is 19.3 Å². The van der Waals surface area contributed by atoms with Gasteiger partial charge in [0.1, 0.15) is 0 Å². The molecule has 2 aromatic rings. The van der Waals surface area contributed by atoms with Crippen molar-refractivity contribution in [3.63, 3.8) is 0 Å². The van der Waals surface area contributed by atoms with Gasteiger partial charge in [-0.3, -0.25) is 0 Å². The number of rotatable bonds is 7. The van der Waals surface area contributed by atoms with Gasteiger partial charge in [-0.1, -0.05) is 35.5 Å². The van der Waals surface area contributed by atoms with Crippen molar-refractivity contribution in [2.75, 3.05) is 13.2 Å². The topological polar surface area (TPSA) is 83.2 Å². The zero-order chi connectivity index (χ0) is 13.5. The van der Waals surface area contributed by atoms with Gasteiger partial charge in [-0.05, 0) is 5.56 Å². The molecule has 0 saturated heterocycles. The van der Waals surface area contributed by atoms with Crippen molar-refractivity contribution in [3.8, 4) is 0 Å². The van der Waals surface area contributed by atoms with Crippen LogP contribution in [0.3, 0.4) is 0 Å². The Bertz CT molecular complexity index is 486. The van der Waals surface area contributed by atoms with Gasteiger partial charge >= 0.3 is 0 Å². The molecule has 0 aliphatic rings. The predicted octanol–water partition coefficient (Wildman–Crippen LogP) is 0.0936. The molecule has 1 aromatic carbocycles. The van der Waals surface area contributed by atoms with Crippen molar-refractivity contribution in [2.45, 2.75) is 19.2 Å². The summed E-state index contributed by atoms with van der Waals surface area (Å²) in [5.41, 5.74) is 1.67. The minimum absolute atomic E-state index is 0.0446. The Morgan fingerprint density at radius 3 is 2.79 bits per heavy atom. The average Bonchev–Trinajstić information content (AvgIpc) is 2.88. The molecular weight excluding hydrogens is 244 g/mol. The van der Waals surface area contributed by atoms with E-state index in [9.17, 15) is 5.11 Å². The van der Waals surface area contributed by atoms with Crippen molar-refractivity contribution in [1.82, 2.24) is 20.3 Å². The number of nitrogens with zero attached hydrogens (tertiary/aromatic N) is 3. The molecule has 2 rings (SSSR count). The quantitative estimate of drug-likeness (QED) is 0.659. The van der Waals surface area contributed by atoms with E-state index in [2.05, 4.69) is 15.6 Å². The molecule has 6 heteroatoms. The molecule has 1 heterocycles. The smallest absolute Gasteiger partial charge is 0.0964 e. The third-order valence-corrected chi connectivity index (χ3v) is 2.74. The second-order valence-corrected chi connectivity index (χ2v) is 4.25. The van der Waals surface area contributed by atoms with Crippen LogP contribution in [0.15, 0.2) is 36.5 Å². The fraction of sp³-hybridized carbons (Fsp3) is 0.385. The summed E-state index contributed by atoms with van der Waals surface area (Å²) in [6.07, 6.45) is 1.24. The third-order valence-electron chi connectivity index (χ3n) is 2.74. The van der Waals surface area contributed by atoms with Gasteiger partial charge in [-0.2, -0.15) is 0 Å². The Kier molecular flexibility index (Phi) is 5.02. The first kappa shape index (κ1) is 13.7. The molecule has 19 heavy (non-hydrogen) atoms. The van der Waals surface area contributed by atoms with Crippen LogP contribution in [0.5, 0.6) is 0 Å². The summed E-state index contributed by atoms with van der Waals surface area (Å²) in [6.45, 7) is 1.48. The van der Waals surface area contributed by atoms with Gasteiger partial charge in [0.05, 0.1) is 24.9 Å². The molecule has 0 spiro atoms. The lowest BCUT2D eigenvalue weighted by molar-refractivity contribution is 0.174. The molecule has 3 N–H and O–H groups in total. The Hall–Kier alpha value is -1.76. The number of aromatic nitrogens is 3. The van der Waals surface area contributed by atoms with Crippen molar-refractivity contribution >= 4 is 0 Å². The summed E-state index contributed by atoms with van der Waals surface area (Å²) in [7, 11) is 0. The fourth-order valence-corrected chi connectivity index (χ4v) is 1.76. The van der Waals surface area contributed by atoms with Crippen LogP contribution in [0.2, 0.25) is 0 Å². The van der Waals surface area contributed by atoms with Crippen LogP contribution < -0.4 is 5.32 Å². The van der Waals surface area contributed by atoms with Crippen LogP contribution >= 0.6 is 0 Å². The van der Waals surface area contributed by atoms with Crippen molar-refractivity contribution < 1.29 is 10.2 Å². The van der Waals surface area contributed by atoms with Gasteiger partial charge in [0.15, 0.2) is 0 Å². The molecule has 0 fully saturated rings. The van der Waals surface area contributed by atoms with E-state index >= 15 is 0 Å². The van der Waals surface area contributed by atoms with Gasteiger partial charge in [0.25, 0.3) is 0 Å². The minimum atomic E-state index is -0.534. The van der Waals surface area contributed by atoms with Crippen LogP contribution in [0, 0.1) is 0 Å². The first-order chi connectivity index (χ1) is 9.29. The van der Waals surface area contributed by atoms with E-state index < -0.39 is 6.10 Å². The number of aliphatic hydroxyl groups excluding tert-OH is 2. The molecular formula is C13H18N4O2. The van der Waals surface area contributed by atoms with Crippen molar-refractivity contribution in [1.29, 1.82) is 0 Å². The number of hydrogen-bond acceptors (Lipinski definition) is 5. The number of aliphatic hydroxyl groups is 2. The largest absolute Gasteiger partial charge is 0.394 e. The second kappa shape index (κ2) is 6.98. The Balaban J connectivity index is 1.76. The van der Waals surface area contributed by atoms with Gasteiger partial charge in [-0.15, -0.1) is 5.10 Å². The number of nitrogens with one attached hydrogen (secondary N) is 1. The van der Waals surface area contributed by atoms with Gasteiger partial charge in [0.2, 0.25) is 0 Å². The monoisotopic (exact) mass is 262 g/mol. The highest BCUT2D eigenvalue weighted by Gasteiger charge is 2.06. The highest BCUT2D eigenvalue weighted by Crippen LogP contribution is 2.10. The SMILES string of the molecule is OCCn1cc(CNCC(O)c2ccccc2)nn1. The van der Waals surface area contributed by atoms with Crippen LogP contribution in [0.4, 0.5) is 0 Å². The Morgan fingerprint density at radius 1 is 1.26 bits per heavy atom. The predicted molar refractivity (Wildman–Crippen MR) is 70.2 cm³/mol. The van der Waals surface area contributed by atoms with E-state index in [1.807, 2.05) is 30.3 Å². The fourth-order valence-electron chi connectivity index (χ4n) is 1.76. The number of benzene rings is 1. The molecule has 1 atom stereocenters. The zero-order valence-electron chi connectivity index (χ0n) is 10.6. The lowest BCUT2D eigenvalue weighted by atomic mass is 10.1. The number of hydrogen-bond donors (Lipinski definition) is 3. The van der Waals surface area contributed by atoms with E-state index in [0.29, 0.717) is 19.6 Å². The van der Waals surface area contributed by atoms with Crippen molar-refractivity contribution in [2.24, 2.45) is 0 Å². The first-order valence-corrected chi connectivity index (χ1v) is 6.23. The average molecular weight is 262 g/mol. The second-order valence-electron chi connectivity index (χ2n) is 4.25. The van der Waals surface area contributed by atoms with E-state index in [1.165, 1.54) is 0 Å². The maximum Gasteiger partial charge on any atom is 0.0964 e. The molecule has 0 amide bonds. The third kappa shape index (κ3) is 4.13. The first-order valence-electron chi connectivity index (χ1n) is 6.23. The van der Waals surface area contributed by atoms with Gasteiger partial charge in [-0.25, -0.2) is 4.68 Å². The lowest BCUT2D eigenvalue weighted by Crippen LogP contribution is -2.21. The van der Waals surface area contributed by atoms with Crippen LogP contribution in [0.25, 0.3) is 0 Å². The molecule has 1 aromatic heterocycles.